The van der Waals surface area contributed by atoms with Crippen molar-refractivity contribution < 1.29 is 13.6 Å². The number of carbonyl (C=O) groups excluding carboxylic acids is 1. The summed E-state index contributed by atoms with van der Waals surface area (Å²) in [5, 5.41) is 5.57. The monoisotopic (exact) mass is 471 g/mol. The van der Waals surface area contributed by atoms with Crippen molar-refractivity contribution >= 4 is 28.8 Å². The van der Waals surface area contributed by atoms with Crippen molar-refractivity contribution in [3.63, 3.8) is 0 Å². The van der Waals surface area contributed by atoms with Gasteiger partial charge < -0.3 is 10.2 Å². The molecule has 9 heteroatoms. The maximum absolute atomic E-state index is 13.6. The Morgan fingerprint density at radius 1 is 1.06 bits per heavy atom. The van der Waals surface area contributed by atoms with E-state index in [1.165, 1.54) is 18.5 Å². The van der Waals surface area contributed by atoms with Gasteiger partial charge in [0.2, 0.25) is 11.6 Å². The molecule has 0 radical (unpaired) electrons. The van der Waals surface area contributed by atoms with Crippen LogP contribution in [0.1, 0.15) is 16.4 Å². The number of aromatic nitrogens is 4. The van der Waals surface area contributed by atoms with E-state index in [4.69, 9.17) is 15.2 Å². The van der Waals surface area contributed by atoms with Crippen LogP contribution in [0, 0.1) is 5.82 Å². The van der Waals surface area contributed by atoms with Crippen molar-refractivity contribution in [2.24, 2.45) is 5.73 Å². The van der Waals surface area contributed by atoms with Gasteiger partial charge in [0.1, 0.15) is 23.6 Å². The van der Waals surface area contributed by atoms with E-state index in [9.17, 15) is 9.18 Å². The molecule has 0 saturated carbocycles. The number of amides is 1. The van der Waals surface area contributed by atoms with Crippen LogP contribution in [0.25, 0.3) is 44.9 Å². The Balaban J connectivity index is 1.51. The van der Waals surface area contributed by atoms with E-state index in [2.05, 4.69) is 9.97 Å². The van der Waals surface area contributed by atoms with Crippen molar-refractivity contribution in [3.8, 4) is 33.8 Å². The lowest BCUT2D eigenvalue weighted by Gasteiger charge is -2.24. The number of carbonyl (C=O) groups is 1. The number of nitrogens with zero attached hydrogens (tertiary/aromatic N) is 4. The van der Waals surface area contributed by atoms with E-state index in [1.54, 1.807) is 30.3 Å². The van der Waals surface area contributed by atoms with Gasteiger partial charge >= 0.3 is 0 Å². The lowest BCUT2D eigenvalue weighted by molar-refractivity contribution is 0.100. The zero-order chi connectivity index (χ0) is 23.2. The fourth-order valence-corrected chi connectivity index (χ4v) is 4.74. The second kappa shape index (κ2) is 8.11. The number of furan rings is 1. The van der Waals surface area contributed by atoms with Gasteiger partial charge in [-0.3, -0.25) is 9.48 Å². The molecule has 1 saturated heterocycles. The molecule has 2 N–H and O–H groups in total. The summed E-state index contributed by atoms with van der Waals surface area (Å²) in [6.45, 7) is 0. The molecule has 1 fully saturated rings. The van der Waals surface area contributed by atoms with Crippen LogP contribution in [0.2, 0.25) is 0 Å². The lowest BCUT2D eigenvalue weighted by Crippen LogP contribution is -2.23. The van der Waals surface area contributed by atoms with Crippen LogP contribution in [-0.2, 0) is 0 Å². The Kier molecular flexibility index (Phi) is 4.91. The molecule has 34 heavy (non-hydrogen) atoms. The molecule has 0 aliphatic carbocycles. The summed E-state index contributed by atoms with van der Waals surface area (Å²) >= 11 is 1.87. The fourth-order valence-electron chi connectivity index (χ4n) is 3.99. The minimum atomic E-state index is -0.510. The van der Waals surface area contributed by atoms with Crippen LogP contribution in [-0.4, -0.2) is 37.2 Å². The first-order valence-corrected chi connectivity index (χ1v) is 11.8. The summed E-state index contributed by atoms with van der Waals surface area (Å²) < 4.78 is 21.6. The maximum atomic E-state index is 13.6. The van der Waals surface area contributed by atoms with Crippen LogP contribution in [0.4, 0.5) is 4.39 Å². The number of rotatable bonds is 5. The average molecular weight is 472 g/mol. The van der Waals surface area contributed by atoms with Crippen molar-refractivity contribution in [1.82, 2.24) is 19.7 Å². The SMILES string of the molecule is NC(=O)c1cccc(-c2cc3c(-c4cn(C5CSC5)nc4-c4ccc(F)cc4)ncnc3o2)c1. The lowest BCUT2D eigenvalue weighted by atomic mass is 10.0. The molecule has 0 bridgehead atoms. The van der Waals surface area contributed by atoms with Crippen LogP contribution in [0.15, 0.2) is 71.5 Å². The summed E-state index contributed by atoms with van der Waals surface area (Å²) in [5.41, 5.74) is 9.95. The summed E-state index contributed by atoms with van der Waals surface area (Å²) in [6, 6.07) is 15.4. The highest BCUT2D eigenvalue weighted by Gasteiger charge is 2.25. The number of primary amides is 1. The van der Waals surface area contributed by atoms with E-state index >= 15 is 0 Å². The van der Waals surface area contributed by atoms with Crippen molar-refractivity contribution in [2.75, 3.05) is 11.5 Å². The van der Waals surface area contributed by atoms with E-state index in [0.29, 0.717) is 39.7 Å². The molecule has 0 unspecified atom stereocenters. The molecule has 1 amide bonds. The zero-order valence-corrected chi connectivity index (χ0v) is 18.6. The topological polar surface area (TPSA) is 99.8 Å². The van der Waals surface area contributed by atoms with E-state index in [1.807, 2.05) is 34.8 Å². The van der Waals surface area contributed by atoms with Gasteiger partial charge in [0.15, 0.2) is 0 Å². The third-order valence-electron chi connectivity index (χ3n) is 5.86. The standard InChI is InChI=1S/C25H18FN5O2S/c26-17-6-4-14(5-7-17)22-20(10-31(30-22)18-11-34-12-18)23-19-9-21(33-25(19)29-13-28-23)15-2-1-3-16(8-15)24(27)32/h1-10,13,18H,11-12H2,(H2,27,32). The molecule has 7 nitrogen and oxygen atoms in total. The van der Waals surface area contributed by atoms with Crippen molar-refractivity contribution in [3.05, 3.63) is 78.5 Å². The van der Waals surface area contributed by atoms with Gasteiger partial charge in [-0.05, 0) is 42.5 Å². The van der Waals surface area contributed by atoms with Gasteiger partial charge in [-0.2, -0.15) is 16.9 Å². The number of thioether (sulfide) groups is 1. The second-order valence-electron chi connectivity index (χ2n) is 8.07. The van der Waals surface area contributed by atoms with E-state index in [-0.39, 0.29) is 5.82 Å². The number of fused-ring (bicyclic) bond motifs is 1. The summed E-state index contributed by atoms with van der Waals surface area (Å²) in [6.07, 6.45) is 3.45. The molecule has 1 aliphatic heterocycles. The predicted octanol–water partition coefficient (Wildman–Crippen LogP) is 4.95. The Morgan fingerprint density at radius 3 is 2.62 bits per heavy atom. The molecular formula is C25H18FN5O2S. The minimum absolute atomic E-state index is 0.304. The summed E-state index contributed by atoms with van der Waals surface area (Å²) in [7, 11) is 0. The van der Waals surface area contributed by atoms with E-state index in [0.717, 1.165) is 28.3 Å². The van der Waals surface area contributed by atoms with Gasteiger partial charge in [-0.25, -0.2) is 14.4 Å². The number of nitrogens with two attached hydrogens (primary N) is 1. The number of hydrogen-bond acceptors (Lipinski definition) is 6. The van der Waals surface area contributed by atoms with Crippen LogP contribution >= 0.6 is 11.8 Å². The molecule has 3 aromatic heterocycles. The third-order valence-corrected chi connectivity index (χ3v) is 7.10. The molecule has 0 spiro atoms. The molecule has 5 aromatic rings. The molecule has 0 atom stereocenters. The van der Waals surface area contributed by atoms with Gasteiger partial charge in [0.05, 0.1) is 17.1 Å². The zero-order valence-electron chi connectivity index (χ0n) is 17.8. The highest BCUT2D eigenvalue weighted by atomic mass is 32.2. The Labute approximate surface area is 197 Å². The second-order valence-corrected chi connectivity index (χ2v) is 9.14. The molecule has 2 aromatic carbocycles. The van der Waals surface area contributed by atoms with Crippen LogP contribution in [0.5, 0.6) is 0 Å². The Bertz CT molecular complexity index is 1540. The highest BCUT2D eigenvalue weighted by molar-refractivity contribution is 8.00. The summed E-state index contributed by atoms with van der Waals surface area (Å²) in [5.74, 6) is 1.72. The highest BCUT2D eigenvalue weighted by Crippen LogP contribution is 2.39. The largest absolute Gasteiger partial charge is 0.438 e. The van der Waals surface area contributed by atoms with Crippen LogP contribution in [0.3, 0.4) is 0 Å². The first-order chi connectivity index (χ1) is 16.6. The average Bonchev–Trinajstić information content (AvgIpc) is 3.43. The molecular weight excluding hydrogens is 453 g/mol. The maximum Gasteiger partial charge on any atom is 0.248 e. The van der Waals surface area contributed by atoms with E-state index < -0.39 is 5.91 Å². The Morgan fingerprint density at radius 2 is 1.88 bits per heavy atom. The van der Waals surface area contributed by atoms with Crippen molar-refractivity contribution in [1.29, 1.82) is 0 Å². The molecule has 168 valence electrons. The molecule has 1 aliphatic rings. The first-order valence-electron chi connectivity index (χ1n) is 10.6. The number of benzene rings is 2. The summed E-state index contributed by atoms with van der Waals surface area (Å²) in [4.78, 5) is 20.5. The van der Waals surface area contributed by atoms with Gasteiger partial charge in [-0.1, -0.05) is 12.1 Å². The number of hydrogen-bond donors (Lipinski definition) is 1. The van der Waals surface area contributed by atoms with Crippen LogP contribution < -0.4 is 5.73 Å². The Hall–Kier alpha value is -3.98. The van der Waals surface area contributed by atoms with Gasteiger partial charge in [0, 0.05) is 40.0 Å². The normalized spacial score (nSPS) is 13.8. The fraction of sp³-hybridized carbons (Fsp3) is 0.120. The number of halogens is 1. The van der Waals surface area contributed by atoms with Gasteiger partial charge in [0.25, 0.3) is 0 Å². The third kappa shape index (κ3) is 3.54. The first kappa shape index (κ1) is 20.6. The van der Waals surface area contributed by atoms with Crippen molar-refractivity contribution in [2.45, 2.75) is 6.04 Å². The predicted molar refractivity (Wildman–Crippen MR) is 129 cm³/mol. The smallest absolute Gasteiger partial charge is 0.248 e. The molecule has 6 rings (SSSR count). The van der Waals surface area contributed by atoms with Gasteiger partial charge in [-0.15, -0.1) is 0 Å². The molecule has 4 heterocycles. The minimum Gasteiger partial charge on any atom is -0.438 e. The quantitative estimate of drug-likeness (QED) is 0.389.